The van der Waals surface area contributed by atoms with Crippen LogP contribution in [0.5, 0.6) is 0 Å². The molecule has 1 aromatic heterocycles. The summed E-state index contributed by atoms with van der Waals surface area (Å²) in [5, 5.41) is 2.80. The zero-order valence-corrected chi connectivity index (χ0v) is 11.8. The van der Waals surface area contributed by atoms with Gasteiger partial charge in [-0.3, -0.25) is 14.5 Å². The molecule has 0 spiro atoms. The van der Waals surface area contributed by atoms with E-state index in [9.17, 15) is 9.59 Å². The molecule has 1 saturated heterocycles. The second-order valence-electron chi connectivity index (χ2n) is 5.08. The van der Waals surface area contributed by atoms with E-state index in [0.29, 0.717) is 32.6 Å². The van der Waals surface area contributed by atoms with Crippen LogP contribution in [0.4, 0.5) is 0 Å². The van der Waals surface area contributed by atoms with Gasteiger partial charge in [-0.05, 0) is 25.6 Å². The van der Waals surface area contributed by atoms with Gasteiger partial charge >= 0.3 is 0 Å². The summed E-state index contributed by atoms with van der Waals surface area (Å²) in [6, 6.07) is 3.61. The Labute approximate surface area is 118 Å². The van der Waals surface area contributed by atoms with Gasteiger partial charge in [0.15, 0.2) is 0 Å². The van der Waals surface area contributed by atoms with Crippen molar-refractivity contribution in [1.82, 2.24) is 15.1 Å². The molecule has 0 saturated carbocycles. The summed E-state index contributed by atoms with van der Waals surface area (Å²) in [6.07, 6.45) is 3.19. The Hall–Kier alpha value is -1.82. The number of rotatable bonds is 7. The summed E-state index contributed by atoms with van der Waals surface area (Å²) in [7, 11) is 1.88. The molecule has 1 aliphatic rings. The zero-order chi connectivity index (χ0) is 14.4. The molecule has 2 heterocycles. The van der Waals surface area contributed by atoms with E-state index >= 15 is 0 Å². The molecule has 0 atom stereocenters. The van der Waals surface area contributed by atoms with Crippen molar-refractivity contribution < 1.29 is 14.0 Å². The maximum Gasteiger partial charge on any atom is 0.234 e. The third kappa shape index (κ3) is 4.38. The molecule has 6 nitrogen and oxygen atoms in total. The molecular formula is C14H21N3O3. The smallest absolute Gasteiger partial charge is 0.234 e. The van der Waals surface area contributed by atoms with Gasteiger partial charge in [-0.2, -0.15) is 0 Å². The third-order valence-electron chi connectivity index (χ3n) is 3.38. The number of carbonyl (C=O) groups is 2. The summed E-state index contributed by atoms with van der Waals surface area (Å²) in [5.74, 6) is 0.918. The van der Waals surface area contributed by atoms with Gasteiger partial charge in [0.25, 0.3) is 0 Å². The Morgan fingerprint density at radius 2 is 2.40 bits per heavy atom. The van der Waals surface area contributed by atoms with Crippen LogP contribution in [-0.4, -0.2) is 54.8 Å². The normalized spacial score (nSPS) is 15.1. The maximum atomic E-state index is 11.7. The molecular weight excluding hydrogens is 258 g/mol. The Morgan fingerprint density at radius 3 is 3.05 bits per heavy atom. The van der Waals surface area contributed by atoms with Crippen LogP contribution in [0.1, 0.15) is 18.6 Å². The van der Waals surface area contributed by atoms with Crippen molar-refractivity contribution in [2.45, 2.75) is 19.4 Å². The quantitative estimate of drug-likeness (QED) is 0.787. The molecule has 110 valence electrons. The minimum atomic E-state index is -0.0448. The maximum absolute atomic E-state index is 11.7. The van der Waals surface area contributed by atoms with Crippen molar-refractivity contribution in [3.63, 3.8) is 0 Å². The van der Waals surface area contributed by atoms with Crippen molar-refractivity contribution in [2.24, 2.45) is 0 Å². The van der Waals surface area contributed by atoms with Crippen LogP contribution in [0.15, 0.2) is 22.8 Å². The predicted molar refractivity (Wildman–Crippen MR) is 73.9 cm³/mol. The lowest BCUT2D eigenvalue weighted by atomic mass is 10.4. The summed E-state index contributed by atoms with van der Waals surface area (Å²) in [5.41, 5.74) is 0. The van der Waals surface area contributed by atoms with Crippen LogP contribution in [-0.2, 0) is 16.1 Å². The highest BCUT2D eigenvalue weighted by molar-refractivity contribution is 5.78. The van der Waals surface area contributed by atoms with Gasteiger partial charge < -0.3 is 14.6 Å². The number of amides is 2. The molecule has 1 aliphatic heterocycles. The zero-order valence-electron chi connectivity index (χ0n) is 11.8. The first kappa shape index (κ1) is 14.6. The Kier molecular flexibility index (Phi) is 5.17. The molecule has 0 unspecified atom stereocenters. The van der Waals surface area contributed by atoms with E-state index in [-0.39, 0.29) is 11.8 Å². The first-order valence-electron chi connectivity index (χ1n) is 6.90. The lowest BCUT2D eigenvalue weighted by molar-refractivity contribution is -0.127. The van der Waals surface area contributed by atoms with Gasteiger partial charge in [0, 0.05) is 26.1 Å². The molecule has 0 radical (unpaired) electrons. The molecule has 1 N–H and O–H groups in total. The topological polar surface area (TPSA) is 65.8 Å². The summed E-state index contributed by atoms with van der Waals surface area (Å²) >= 11 is 0. The highest BCUT2D eigenvalue weighted by Crippen LogP contribution is 2.08. The first-order valence-corrected chi connectivity index (χ1v) is 6.90. The van der Waals surface area contributed by atoms with E-state index in [1.54, 1.807) is 12.3 Å². The number of hydrogen-bond acceptors (Lipinski definition) is 4. The van der Waals surface area contributed by atoms with Crippen molar-refractivity contribution in [2.75, 3.05) is 33.2 Å². The average molecular weight is 279 g/mol. The fraction of sp³-hybridized carbons (Fsp3) is 0.571. The minimum absolute atomic E-state index is 0.0448. The van der Waals surface area contributed by atoms with Crippen molar-refractivity contribution in [1.29, 1.82) is 0 Å². The number of nitrogens with zero attached hydrogens (tertiary/aromatic N) is 2. The van der Waals surface area contributed by atoms with Crippen molar-refractivity contribution >= 4 is 11.8 Å². The number of nitrogens with one attached hydrogen (secondary N) is 1. The van der Waals surface area contributed by atoms with E-state index in [1.807, 2.05) is 22.9 Å². The first-order chi connectivity index (χ1) is 9.65. The number of likely N-dealkylation sites (tertiary alicyclic amines) is 1. The molecule has 6 heteroatoms. The van der Waals surface area contributed by atoms with Gasteiger partial charge in [-0.1, -0.05) is 0 Å². The fourth-order valence-corrected chi connectivity index (χ4v) is 2.21. The molecule has 1 aromatic rings. The molecule has 1 fully saturated rings. The van der Waals surface area contributed by atoms with E-state index in [0.717, 1.165) is 18.7 Å². The highest BCUT2D eigenvalue weighted by atomic mass is 16.3. The van der Waals surface area contributed by atoms with Gasteiger partial charge in [0.2, 0.25) is 11.8 Å². The van der Waals surface area contributed by atoms with Crippen molar-refractivity contribution in [3.8, 4) is 0 Å². The standard InChI is InChI=1S/C14H21N3O3/c1-16(7-8-17-6-2-5-14(17)19)11-13(18)15-10-12-4-3-9-20-12/h3-4,9H,2,5-8,10-11H2,1H3,(H,15,18). The van der Waals surface area contributed by atoms with Crippen LogP contribution in [0.25, 0.3) is 0 Å². The fourth-order valence-electron chi connectivity index (χ4n) is 2.21. The van der Waals surface area contributed by atoms with Gasteiger partial charge in [0.05, 0.1) is 19.4 Å². The third-order valence-corrected chi connectivity index (χ3v) is 3.38. The number of likely N-dealkylation sites (N-methyl/N-ethyl adjacent to an activating group) is 1. The Bertz CT molecular complexity index is 445. The predicted octanol–water partition coefficient (Wildman–Crippen LogP) is 0.450. The van der Waals surface area contributed by atoms with Gasteiger partial charge in [0.1, 0.15) is 5.76 Å². The monoisotopic (exact) mass is 279 g/mol. The summed E-state index contributed by atoms with van der Waals surface area (Å²) in [4.78, 5) is 27.0. The van der Waals surface area contributed by atoms with Crippen molar-refractivity contribution in [3.05, 3.63) is 24.2 Å². The van der Waals surface area contributed by atoms with Gasteiger partial charge in [-0.15, -0.1) is 0 Å². The number of furan rings is 1. The Balaban J connectivity index is 1.62. The lowest BCUT2D eigenvalue weighted by Crippen LogP contribution is -2.39. The second kappa shape index (κ2) is 7.09. The van der Waals surface area contributed by atoms with Crippen LogP contribution in [0.3, 0.4) is 0 Å². The second-order valence-corrected chi connectivity index (χ2v) is 5.08. The highest BCUT2D eigenvalue weighted by Gasteiger charge is 2.20. The largest absolute Gasteiger partial charge is 0.467 e. The minimum Gasteiger partial charge on any atom is -0.467 e. The SMILES string of the molecule is CN(CCN1CCCC1=O)CC(=O)NCc1ccco1. The van der Waals surface area contributed by atoms with E-state index in [1.165, 1.54) is 0 Å². The van der Waals surface area contributed by atoms with Gasteiger partial charge in [-0.25, -0.2) is 0 Å². The Morgan fingerprint density at radius 1 is 1.55 bits per heavy atom. The summed E-state index contributed by atoms with van der Waals surface area (Å²) < 4.78 is 5.14. The number of carbonyl (C=O) groups excluding carboxylic acids is 2. The van der Waals surface area contributed by atoms with Crippen LogP contribution in [0.2, 0.25) is 0 Å². The molecule has 20 heavy (non-hydrogen) atoms. The van der Waals surface area contributed by atoms with E-state index in [4.69, 9.17) is 4.42 Å². The van der Waals surface area contributed by atoms with Crippen LogP contribution >= 0.6 is 0 Å². The molecule has 2 amide bonds. The molecule has 0 bridgehead atoms. The number of hydrogen-bond donors (Lipinski definition) is 1. The lowest BCUT2D eigenvalue weighted by Gasteiger charge is -2.21. The van der Waals surface area contributed by atoms with E-state index in [2.05, 4.69) is 5.32 Å². The van der Waals surface area contributed by atoms with Crippen LogP contribution < -0.4 is 5.32 Å². The van der Waals surface area contributed by atoms with E-state index < -0.39 is 0 Å². The summed E-state index contributed by atoms with van der Waals surface area (Å²) in [6.45, 7) is 2.98. The molecule has 0 aliphatic carbocycles. The average Bonchev–Trinajstić information content (AvgIpc) is 3.05. The molecule has 2 rings (SSSR count). The molecule has 0 aromatic carbocycles. The van der Waals surface area contributed by atoms with Crippen LogP contribution in [0, 0.1) is 0 Å².